The van der Waals surface area contributed by atoms with Gasteiger partial charge in [0.25, 0.3) is 0 Å². The third-order valence-electron chi connectivity index (χ3n) is 4.26. The van der Waals surface area contributed by atoms with E-state index >= 15 is 0 Å². The molecule has 7 nitrogen and oxygen atoms in total. The Hall–Kier alpha value is -3.53. The summed E-state index contributed by atoms with van der Waals surface area (Å²) in [5.74, 6) is -0.424. The maximum Gasteiger partial charge on any atom is 0.337 e. The molecule has 136 valence electrons. The van der Waals surface area contributed by atoms with Crippen LogP contribution in [0.15, 0.2) is 41.8 Å². The molecule has 0 unspecified atom stereocenters. The summed E-state index contributed by atoms with van der Waals surface area (Å²) in [6.07, 6.45) is 10.8. The average Bonchev–Trinajstić information content (AvgIpc) is 3.07. The number of nitriles is 1. The number of ether oxygens (including phenoxy) is 1. The zero-order valence-electron chi connectivity index (χ0n) is 15.2. The number of hydrogen-bond donors (Lipinski definition) is 0. The van der Waals surface area contributed by atoms with Crippen molar-refractivity contribution >= 4 is 23.1 Å². The number of carbonyl (C=O) groups excluding carboxylic acids is 1. The van der Waals surface area contributed by atoms with Crippen LogP contribution >= 0.6 is 0 Å². The molecule has 0 spiro atoms. The van der Waals surface area contributed by atoms with Crippen LogP contribution in [0.25, 0.3) is 22.3 Å². The highest BCUT2D eigenvalue weighted by molar-refractivity contribution is 6.00. The van der Waals surface area contributed by atoms with Gasteiger partial charge in [0.05, 0.1) is 35.8 Å². The molecule has 0 aliphatic rings. The van der Waals surface area contributed by atoms with Crippen molar-refractivity contribution in [3.05, 3.63) is 47.9 Å². The van der Waals surface area contributed by atoms with Gasteiger partial charge in [-0.25, -0.2) is 4.79 Å². The van der Waals surface area contributed by atoms with Crippen LogP contribution in [-0.4, -0.2) is 33.8 Å². The van der Waals surface area contributed by atoms with Gasteiger partial charge < -0.3 is 9.30 Å². The molecule has 3 rings (SSSR count). The highest BCUT2D eigenvalue weighted by Gasteiger charge is 2.13. The lowest BCUT2D eigenvalue weighted by atomic mass is 10.1. The second kappa shape index (κ2) is 8.23. The average molecular weight is 361 g/mol. The predicted octanol–water partition coefficient (Wildman–Crippen LogP) is 3.58. The summed E-state index contributed by atoms with van der Waals surface area (Å²) in [4.78, 5) is 24.3. The van der Waals surface area contributed by atoms with E-state index in [1.807, 2.05) is 12.3 Å². The summed E-state index contributed by atoms with van der Waals surface area (Å²) in [6.45, 7) is 3.00. The number of methoxy groups -OCH3 is 1. The van der Waals surface area contributed by atoms with Crippen molar-refractivity contribution in [1.29, 1.82) is 5.26 Å². The fourth-order valence-electron chi connectivity index (χ4n) is 2.89. The van der Waals surface area contributed by atoms with Crippen LogP contribution in [0, 0.1) is 11.5 Å². The molecular formula is C20H19N5O2. The maximum absolute atomic E-state index is 11.8. The molecule has 3 heterocycles. The van der Waals surface area contributed by atoms with Gasteiger partial charge in [-0.3, -0.25) is 9.97 Å². The predicted molar refractivity (Wildman–Crippen MR) is 102 cm³/mol. The molecule has 0 saturated heterocycles. The molecule has 0 saturated carbocycles. The molecule has 0 aromatic carbocycles. The summed E-state index contributed by atoms with van der Waals surface area (Å²) in [5, 5.41) is 9.70. The molecule has 0 N–H and O–H groups in total. The van der Waals surface area contributed by atoms with E-state index in [0.717, 1.165) is 35.9 Å². The van der Waals surface area contributed by atoms with E-state index in [1.54, 1.807) is 36.9 Å². The van der Waals surface area contributed by atoms with Gasteiger partial charge in [0, 0.05) is 36.1 Å². The Labute approximate surface area is 157 Å². The summed E-state index contributed by atoms with van der Waals surface area (Å²) < 4.78 is 6.88. The van der Waals surface area contributed by atoms with Crippen molar-refractivity contribution in [3.8, 4) is 17.6 Å². The van der Waals surface area contributed by atoms with Gasteiger partial charge in [-0.05, 0) is 24.6 Å². The maximum atomic E-state index is 11.8. The normalized spacial score (nSPS) is 11.0. The van der Waals surface area contributed by atoms with Crippen molar-refractivity contribution in [2.45, 2.75) is 26.3 Å². The smallest absolute Gasteiger partial charge is 0.337 e. The number of aliphatic imine (C=N–C) groups is 1. The van der Waals surface area contributed by atoms with Crippen molar-refractivity contribution < 1.29 is 9.53 Å². The summed E-state index contributed by atoms with van der Waals surface area (Å²) >= 11 is 0. The fourth-order valence-corrected chi connectivity index (χ4v) is 2.89. The van der Waals surface area contributed by atoms with Crippen molar-refractivity contribution in [1.82, 2.24) is 14.5 Å². The zero-order valence-corrected chi connectivity index (χ0v) is 15.2. The molecule has 0 bridgehead atoms. The van der Waals surface area contributed by atoms with E-state index in [2.05, 4.69) is 26.5 Å². The number of aromatic nitrogens is 3. The Bertz CT molecular complexity index is 1050. The van der Waals surface area contributed by atoms with Gasteiger partial charge in [0.15, 0.2) is 0 Å². The van der Waals surface area contributed by atoms with Gasteiger partial charge in [-0.2, -0.15) is 10.3 Å². The Morgan fingerprint density at radius 3 is 2.93 bits per heavy atom. The molecule has 0 aliphatic carbocycles. The number of hydrogen-bond acceptors (Lipinski definition) is 6. The van der Waals surface area contributed by atoms with Crippen LogP contribution in [0.4, 0.5) is 0 Å². The van der Waals surface area contributed by atoms with E-state index in [1.165, 1.54) is 7.11 Å². The van der Waals surface area contributed by atoms with E-state index in [9.17, 15) is 4.79 Å². The number of aryl methyl sites for hydroxylation is 1. The molecule has 3 aromatic heterocycles. The first-order valence-corrected chi connectivity index (χ1v) is 8.63. The minimum Gasteiger partial charge on any atom is -0.465 e. The van der Waals surface area contributed by atoms with Gasteiger partial charge in [0.1, 0.15) is 0 Å². The molecule has 7 heteroatoms. The summed E-state index contributed by atoms with van der Waals surface area (Å²) in [7, 11) is 1.34. The molecule has 0 atom stereocenters. The summed E-state index contributed by atoms with van der Waals surface area (Å²) in [5.41, 5.74) is 3.43. The number of rotatable bonds is 6. The number of carbonyl (C=O) groups is 1. The van der Waals surface area contributed by atoms with Gasteiger partial charge in [-0.1, -0.05) is 13.3 Å². The number of fused-ring (bicyclic) bond motifs is 1. The molecule has 0 amide bonds. The number of esters is 1. The topological polar surface area (TPSA) is 93.2 Å². The minimum absolute atomic E-state index is 0.413. The first kappa shape index (κ1) is 18.3. The second-order valence-electron chi connectivity index (χ2n) is 6.00. The Morgan fingerprint density at radius 2 is 2.19 bits per heavy atom. The zero-order chi connectivity index (χ0) is 19.2. The van der Waals surface area contributed by atoms with E-state index in [-0.39, 0.29) is 0 Å². The minimum atomic E-state index is -0.424. The molecule has 0 fully saturated rings. The van der Waals surface area contributed by atoms with Crippen LogP contribution in [-0.2, 0) is 11.3 Å². The lowest BCUT2D eigenvalue weighted by Crippen LogP contribution is -2.02. The highest BCUT2D eigenvalue weighted by atomic mass is 16.5. The number of unbranched alkanes of at least 4 members (excludes halogenated alkanes) is 1. The van der Waals surface area contributed by atoms with Crippen LogP contribution in [0.2, 0.25) is 0 Å². The molecule has 27 heavy (non-hydrogen) atoms. The number of nitrogens with zero attached hydrogens (tertiary/aromatic N) is 5. The van der Waals surface area contributed by atoms with Crippen LogP contribution in [0.1, 0.15) is 35.7 Å². The first-order chi connectivity index (χ1) is 13.2. The number of pyridine rings is 2. The van der Waals surface area contributed by atoms with E-state index in [4.69, 9.17) is 10.00 Å². The lowest BCUT2D eigenvalue weighted by Gasteiger charge is -2.06. The van der Waals surface area contributed by atoms with Crippen LogP contribution in [0.5, 0.6) is 0 Å². The molecular weight excluding hydrogens is 342 g/mol. The van der Waals surface area contributed by atoms with Crippen molar-refractivity contribution in [3.63, 3.8) is 0 Å². The highest BCUT2D eigenvalue weighted by Crippen LogP contribution is 2.25. The molecule has 3 aromatic rings. The third-order valence-corrected chi connectivity index (χ3v) is 4.26. The largest absolute Gasteiger partial charge is 0.465 e. The molecule has 0 radical (unpaired) electrons. The van der Waals surface area contributed by atoms with Crippen molar-refractivity contribution in [2.75, 3.05) is 7.11 Å². The third kappa shape index (κ3) is 3.85. The quantitative estimate of drug-likeness (QED) is 0.380. The first-order valence-electron chi connectivity index (χ1n) is 8.63. The van der Waals surface area contributed by atoms with Crippen molar-refractivity contribution in [2.24, 2.45) is 4.99 Å². The van der Waals surface area contributed by atoms with Crippen LogP contribution in [0.3, 0.4) is 0 Å². The van der Waals surface area contributed by atoms with E-state index < -0.39 is 5.97 Å². The van der Waals surface area contributed by atoms with Crippen LogP contribution < -0.4 is 0 Å². The Kier molecular flexibility index (Phi) is 5.57. The van der Waals surface area contributed by atoms with Gasteiger partial charge >= 0.3 is 5.97 Å². The van der Waals surface area contributed by atoms with Gasteiger partial charge in [0.2, 0.25) is 6.19 Å². The SMILES string of the molecule is CCCCn1cc(/C=N/C#N)c2cc(-c3cc(C(=O)OC)ccn3)ncc21. The summed E-state index contributed by atoms with van der Waals surface area (Å²) in [6, 6.07) is 5.15. The Morgan fingerprint density at radius 1 is 1.37 bits per heavy atom. The lowest BCUT2D eigenvalue weighted by molar-refractivity contribution is 0.0600. The Balaban J connectivity index is 2.10. The fraction of sp³-hybridized carbons (Fsp3) is 0.250. The van der Waals surface area contributed by atoms with E-state index in [0.29, 0.717) is 17.0 Å². The monoisotopic (exact) mass is 361 g/mol. The second-order valence-corrected chi connectivity index (χ2v) is 6.00. The standard InChI is InChI=1S/C20H19N5O2/c1-3-4-7-25-12-15(10-22-13-21)16-9-18(24-11-19(16)25)17-8-14(5-6-23-17)20(26)27-2/h5-6,8-12H,3-4,7H2,1-2H3/b22-10+. The van der Waals surface area contributed by atoms with Gasteiger partial charge in [-0.15, -0.1) is 0 Å². The molecule has 0 aliphatic heterocycles.